The number of benzene rings is 1. The van der Waals surface area contributed by atoms with Crippen molar-refractivity contribution in [1.82, 2.24) is 19.7 Å². The van der Waals surface area contributed by atoms with E-state index in [1.165, 1.54) is 0 Å². The van der Waals surface area contributed by atoms with Crippen LogP contribution >= 0.6 is 0 Å². The van der Waals surface area contributed by atoms with Crippen LogP contribution in [0.5, 0.6) is 0 Å². The quantitative estimate of drug-likeness (QED) is 0.772. The van der Waals surface area contributed by atoms with Gasteiger partial charge in [0.1, 0.15) is 0 Å². The average molecular weight is 252 g/mol. The molecule has 0 aliphatic carbocycles. The van der Waals surface area contributed by atoms with Gasteiger partial charge in [-0.05, 0) is 5.56 Å². The van der Waals surface area contributed by atoms with Crippen LogP contribution in [-0.2, 0) is 6.61 Å². The van der Waals surface area contributed by atoms with Gasteiger partial charge in [0.25, 0.3) is 0 Å². The third-order valence-corrected chi connectivity index (χ3v) is 2.77. The van der Waals surface area contributed by atoms with Gasteiger partial charge < -0.3 is 5.11 Å². The van der Waals surface area contributed by atoms with Crippen LogP contribution in [0.4, 0.5) is 0 Å². The van der Waals surface area contributed by atoms with E-state index in [0.29, 0.717) is 11.5 Å². The molecule has 19 heavy (non-hydrogen) atoms. The molecular weight excluding hydrogens is 240 g/mol. The van der Waals surface area contributed by atoms with Crippen molar-refractivity contribution in [3.8, 4) is 17.1 Å². The van der Waals surface area contributed by atoms with Crippen LogP contribution in [-0.4, -0.2) is 24.9 Å². The maximum atomic E-state index is 8.95. The first-order chi connectivity index (χ1) is 9.36. The zero-order valence-electron chi connectivity index (χ0n) is 10.1. The standard InChI is InChI=1S/C14H12N4O/c19-10-11-6-15-14(16-7-11)18-9-13(8-17-18)12-4-2-1-3-5-12/h1-9,19H,10H2. The molecule has 0 aliphatic heterocycles. The first-order valence-electron chi connectivity index (χ1n) is 5.89. The highest BCUT2D eigenvalue weighted by Gasteiger charge is 2.05. The molecule has 0 aliphatic rings. The summed E-state index contributed by atoms with van der Waals surface area (Å²) >= 11 is 0. The van der Waals surface area contributed by atoms with Crippen molar-refractivity contribution in [2.24, 2.45) is 0 Å². The average Bonchev–Trinajstić information content (AvgIpc) is 2.98. The number of hydrogen-bond donors (Lipinski definition) is 1. The summed E-state index contributed by atoms with van der Waals surface area (Å²) in [4.78, 5) is 8.31. The van der Waals surface area contributed by atoms with Gasteiger partial charge >= 0.3 is 0 Å². The van der Waals surface area contributed by atoms with Crippen LogP contribution in [0.15, 0.2) is 55.1 Å². The van der Waals surface area contributed by atoms with Crippen LogP contribution in [0.2, 0.25) is 0 Å². The molecule has 1 N–H and O–H groups in total. The normalized spacial score (nSPS) is 10.6. The number of aromatic nitrogens is 4. The van der Waals surface area contributed by atoms with Crippen LogP contribution in [0, 0.1) is 0 Å². The predicted molar refractivity (Wildman–Crippen MR) is 70.5 cm³/mol. The minimum Gasteiger partial charge on any atom is -0.392 e. The summed E-state index contributed by atoms with van der Waals surface area (Å²) in [5, 5.41) is 13.2. The van der Waals surface area contributed by atoms with Crippen molar-refractivity contribution in [2.45, 2.75) is 6.61 Å². The van der Waals surface area contributed by atoms with Crippen molar-refractivity contribution in [1.29, 1.82) is 0 Å². The van der Waals surface area contributed by atoms with E-state index < -0.39 is 0 Å². The maximum absolute atomic E-state index is 8.95. The molecule has 1 aromatic carbocycles. The predicted octanol–water partition coefficient (Wildman–Crippen LogP) is 1.82. The van der Waals surface area contributed by atoms with Gasteiger partial charge in [-0.3, -0.25) is 0 Å². The van der Waals surface area contributed by atoms with Gasteiger partial charge in [-0.1, -0.05) is 30.3 Å². The Balaban J connectivity index is 1.92. The van der Waals surface area contributed by atoms with E-state index >= 15 is 0 Å². The van der Waals surface area contributed by atoms with Crippen molar-refractivity contribution in [2.75, 3.05) is 0 Å². The van der Waals surface area contributed by atoms with Crippen molar-refractivity contribution in [3.63, 3.8) is 0 Å². The molecule has 3 aromatic rings. The highest BCUT2D eigenvalue weighted by atomic mass is 16.3. The molecule has 0 unspecified atom stereocenters. The minimum atomic E-state index is -0.0609. The zero-order chi connectivity index (χ0) is 13.1. The Labute approximate surface area is 110 Å². The Bertz CT molecular complexity index is 661. The van der Waals surface area contributed by atoms with Gasteiger partial charge in [0.15, 0.2) is 0 Å². The molecule has 2 heterocycles. The lowest BCUT2D eigenvalue weighted by molar-refractivity contribution is 0.281. The molecule has 2 aromatic heterocycles. The lowest BCUT2D eigenvalue weighted by Gasteiger charge is -1.99. The maximum Gasteiger partial charge on any atom is 0.250 e. The summed E-state index contributed by atoms with van der Waals surface area (Å²) < 4.78 is 1.61. The van der Waals surface area contributed by atoms with Crippen molar-refractivity contribution >= 4 is 0 Å². The number of rotatable bonds is 3. The van der Waals surface area contributed by atoms with Gasteiger partial charge in [-0.25, -0.2) is 14.6 Å². The van der Waals surface area contributed by atoms with E-state index in [2.05, 4.69) is 15.1 Å². The van der Waals surface area contributed by atoms with Crippen LogP contribution in [0.1, 0.15) is 5.56 Å². The first kappa shape index (κ1) is 11.6. The molecule has 94 valence electrons. The molecule has 5 nitrogen and oxygen atoms in total. The highest BCUT2D eigenvalue weighted by Crippen LogP contribution is 2.18. The van der Waals surface area contributed by atoms with Crippen molar-refractivity contribution in [3.05, 3.63) is 60.7 Å². The van der Waals surface area contributed by atoms with Gasteiger partial charge in [-0.2, -0.15) is 5.10 Å². The Kier molecular flexibility index (Phi) is 3.04. The number of aliphatic hydroxyl groups excluding tert-OH is 1. The Morgan fingerprint density at radius 3 is 2.37 bits per heavy atom. The number of hydrogen-bond acceptors (Lipinski definition) is 4. The van der Waals surface area contributed by atoms with Gasteiger partial charge in [0, 0.05) is 29.7 Å². The largest absolute Gasteiger partial charge is 0.392 e. The third kappa shape index (κ3) is 2.36. The molecule has 0 bridgehead atoms. The third-order valence-electron chi connectivity index (χ3n) is 2.77. The van der Waals surface area contributed by atoms with E-state index in [1.807, 2.05) is 36.5 Å². The van der Waals surface area contributed by atoms with E-state index in [1.54, 1.807) is 23.3 Å². The summed E-state index contributed by atoms with van der Waals surface area (Å²) in [6.07, 6.45) is 6.83. The summed E-state index contributed by atoms with van der Waals surface area (Å²) in [7, 11) is 0. The zero-order valence-corrected chi connectivity index (χ0v) is 10.1. The smallest absolute Gasteiger partial charge is 0.250 e. The molecule has 0 atom stereocenters. The van der Waals surface area contributed by atoms with Crippen LogP contribution in [0.3, 0.4) is 0 Å². The summed E-state index contributed by atoms with van der Waals surface area (Å²) in [5.74, 6) is 0.486. The summed E-state index contributed by atoms with van der Waals surface area (Å²) in [6.45, 7) is -0.0609. The lowest BCUT2D eigenvalue weighted by atomic mass is 10.1. The second kappa shape index (κ2) is 4.99. The molecule has 3 rings (SSSR count). The van der Waals surface area contributed by atoms with E-state index in [9.17, 15) is 0 Å². The highest BCUT2D eigenvalue weighted by molar-refractivity contribution is 5.61. The minimum absolute atomic E-state index is 0.0609. The molecule has 5 heteroatoms. The number of nitrogens with zero attached hydrogens (tertiary/aromatic N) is 4. The summed E-state index contributed by atoms with van der Waals surface area (Å²) in [6, 6.07) is 10.00. The van der Waals surface area contributed by atoms with E-state index in [-0.39, 0.29) is 6.61 Å². The fraction of sp³-hybridized carbons (Fsp3) is 0.0714. The molecule has 0 amide bonds. The fourth-order valence-corrected chi connectivity index (χ4v) is 1.76. The second-order valence-electron chi connectivity index (χ2n) is 4.09. The summed E-state index contributed by atoms with van der Waals surface area (Å²) in [5.41, 5.74) is 2.79. The Morgan fingerprint density at radius 1 is 0.947 bits per heavy atom. The Morgan fingerprint density at radius 2 is 1.68 bits per heavy atom. The van der Waals surface area contributed by atoms with E-state index in [4.69, 9.17) is 5.11 Å². The molecule has 0 spiro atoms. The SMILES string of the molecule is OCc1cnc(-n2cc(-c3ccccc3)cn2)nc1. The number of aliphatic hydroxyl groups is 1. The van der Waals surface area contributed by atoms with Gasteiger partial charge in [-0.15, -0.1) is 0 Å². The second-order valence-corrected chi connectivity index (χ2v) is 4.09. The Hall–Kier alpha value is -2.53. The van der Waals surface area contributed by atoms with Gasteiger partial charge in [0.2, 0.25) is 5.95 Å². The van der Waals surface area contributed by atoms with Crippen LogP contribution in [0.25, 0.3) is 17.1 Å². The fourth-order valence-electron chi connectivity index (χ4n) is 1.76. The molecule has 0 saturated heterocycles. The van der Waals surface area contributed by atoms with Crippen LogP contribution < -0.4 is 0 Å². The van der Waals surface area contributed by atoms with Gasteiger partial charge in [0.05, 0.1) is 12.8 Å². The lowest BCUT2D eigenvalue weighted by Crippen LogP contribution is -2.01. The van der Waals surface area contributed by atoms with Crippen molar-refractivity contribution < 1.29 is 5.11 Å². The van der Waals surface area contributed by atoms with E-state index in [0.717, 1.165) is 11.1 Å². The monoisotopic (exact) mass is 252 g/mol. The molecule has 0 radical (unpaired) electrons. The molecular formula is C14H12N4O. The topological polar surface area (TPSA) is 63.8 Å². The molecule has 0 saturated carbocycles. The molecule has 0 fully saturated rings. The first-order valence-corrected chi connectivity index (χ1v) is 5.89.